The molecular weight excluding hydrogens is 592 g/mol. The number of benzene rings is 2. The highest BCUT2D eigenvalue weighted by Crippen LogP contribution is 2.37. The molecule has 7 heteroatoms. The van der Waals surface area contributed by atoms with Crippen LogP contribution < -0.4 is 4.90 Å². The summed E-state index contributed by atoms with van der Waals surface area (Å²) in [5, 5.41) is 0. The topological polar surface area (TPSA) is 55.8 Å². The molecule has 6 rings (SSSR count). The number of carbonyl (C=O) groups excluding carboxylic acids is 1. The lowest BCUT2D eigenvalue weighted by Crippen LogP contribution is -2.57. The highest BCUT2D eigenvalue weighted by Gasteiger charge is 2.39. The van der Waals surface area contributed by atoms with E-state index in [0.717, 1.165) is 113 Å². The van der Waals surface area contributed by atoms with E-state index in [0.29, 0.717) is 6.04 Å². The van der Waals surface area contributed by atoms with Gasteiger partial charge in [0, 0.05) is 74.3 Å². The number of nitrogens with zero attached hydrogens (tertiary/aromatic N) is 6. The maximum Gasteiger partial charge on any atom is 0.232 e. The van der Waals surface area contributed by atoms with Crippen LogP contribution >= 0.6 is 0 Å². The van der Waals surface area contributed by atoms with E-state index < -0.39 is 5.41 Å². The zero-order chi connectivity index (χ0) is 33.9. The fourth-order valence-electron chi connectivity index (χ4n) is 8.36. The molecule has 48 heavy (non-hydrogen) atoms. The molecule has 0 radical (unpaired) electrons. The van der Waals surface area contributed by atoms with E-state index in [2.05, 4.69) is 125 Å². The van der Waals surface area contributed by atoms with Crippen LogP contribution in [0.15, 0.2) is 67.5 Å². The minimum Gasteiger partial charge on any atom is -0.371 e. The summed E-state index contributed by atoms with van der Waals surface area (Å²) in [4.78, 5) is 32.3. The van der Waals surface area contributed by atoms with Crippen LogP contribution in [0, 0.1) is 13.8 Å². The number of aryl methyl sites for hydroxylation is 2. The summed E-state index contributed by atoms with van der Waals surface area (Å²) in [6.45, 7) is 22.1. The molecule has 2 aromatic carbocycles. The third kappa shape index (κ3) is 7.17. The lowest BCUT2D eigenvalue weighted by molar-refractivity contribution is -0.137. The average molecular weight is 649 g/mol. The van der Waals surface area contributed by atoms with Crippen LogP contribution in [-0.2, 0) is 16.8 Å². The Morgan fingerprint density at radius 3 is 2.06 bits per heavy atom. The van der Waals surface area contributed by atoms with Crippen molar-refractivity contribution >= 4 is 17.3 Å². The monoisotopic (exact) mass is 648 g/mol. The molecule has 7 nitrogen and oxygen atoms in total. The van der Waals surface area contributed by atoms with Gasteiger partial charge in [0.15, 0.2) is 0 Å². The Labute approximate surface area is 289 Å². The van der Waals surface area contributed by atoms with Crippen LogP contribution in [-0.4, -0.2) is 81.4 Å². The molecule has 0 bridgehead atoms. The van der Waals surface area contributed by atoms with E-state index in [1.807, 2.05) is 0 Å². The van der Waals surface area contributed by atoms with E-state index in [1.54, 1.807) is 6.33 Å². The molecule has 3 aromatic rings. The van der Waals surface area contributed by atoms with E-state index >= 15 is 0 Å². The number of hydrogen-bond donors (Lipinski definition) is 0. The Morgan fingerprint density at radius 1 is 0.854 bits per heavy atom. The van der Waals surface area contributed by atoms with Crippen LogP contribution in [0.25, 0.3) is 5.70 Å². The number of aromatic nitrogens is 2. The number of hydrogen-bond acceptors (Lipinski definition) is 6. The van der Waals surface area contributed by atoms with Crippen LogP contribution in [0.3, 0.4) is 0 Å². The van der Waals surface area contributed by atoms with Crippen molar-refractivity contribution in [2.45, 2.75) is 103 Å². The third-order valence-electron chi connectivity index (χ3n) is 11.7. The van der Waals surface area contributed by atoms with Gasteiger partial charge < -0.3 is 14.7 Å². The summed E-state index contributed by atoms with van der Waals surface area (Å²) >= 11 is 0. The lowest BCUT2D eigenvalue weighted by atomic mass is 9.82. The van der Waals surface area contributed by atoms with Crippen molar-refractivity contribution in [2.75, 3.05) is 44.2 Å². The number of rotatable bonds is 9. The second-order valence-electron chi connectivity index (χ2n) is 15.2. The molecule has 1 aromatic heterocycles. The molecular formula is C41H56N6O. The lowest BCUT2D eigenvalue weighted by Gasteiger charge is -2.51. The first-order valence-electron chi connectivity index (χ1n) is 18.2. The molecule has 3 aliphatic rings. The first kappa shape index (κ1) is 34.2. The van der Waals surface area contributed by atoms with Gasteiger partial charge >= 0.3 is 0 Å². The summed E-state index contributed by atoms with van der Waals surface area (Å²) in [6, 6.07) is 20.3. The molecule has 1 amide bonds. The highest BCUT2D eigenvalue weighted by atomic mass is 16.2. The number of piperidine rings is 3. The smallest absolute Gasteiger partial charge is 0.232 e. The first-order valence-corrected chi connectivity index (χ1v) is 18.2. The molecule has 3 saturated heterocycles. The van der Waals surface area contributed by atoms with Crippen molar-refractivity contribution in [3.8, 4) is 0 Å². The van der Waals surface area contributed by atoms with Crippen LogP contribution in [0.5, 0.6) is 0 Å². The third-order valence-corrected chi connectivity index (χ3v) is 11.7. The number of amides is 1. The van der Waals surface area contributed by atoms with Crippen molar-refractivity contribution < 1.29 is 4.79 Å². The van der Waals surface area contributed by atoms with Crippen molar-refractivity contribution in [3.05, 3.63) is 95.6 Å². The molecule has 3 fully saturated rings. The minimum absolute atomic E-state index is 0.192. The van der Waals surface area contributed by atoms with Crippen LogP contribution in [0.1, 0.15) is 93.8 Å². The van der Waals surface area contributed by atoms with E-state index in [9.17, 15) is 4.79 Å². The molecule has 0 aliphatic carbocycles. The quantitative estimate of drug-likeness (QED) is 0.241. The molecule has 0 saturated carbocycles. The van der Waals surface area contributed by atoms with Crippen molar-refractivity contribution in [1.29, 1.82) is 0 Å². The van der Waals surface area contributed by atoms with E-state index in [-0.39, 0.29) is 11.4 Å². The standard InChI is InChI=1S/C41H56N6O/c1-31-38(32(2)43-30-42-31)33(3)44-27-21-41(6,22-28-44)46-25-19-37(20-26-46)47(29-34-13-9-7-10-14-34)36-17-15-35(16-18-36)40(4,5)39(48)45-23-11-8-12-24-45/h7,9-10,13-18,30,37H,3,8,11-12,19-29H2,1-2,4-6H3. The van der Waals surface area contributed by atoms with Gasteiger partial charge in [0.1, 0.15) is 6.33 Å². The minimum atomic E-state index is -0.532. The summed E-state index contributed by atoms with van der Waals surface area (Å²) in [5.74, 6) is 0.256. The van der Waals surface area contributed by atoms with Gasteiger partial charge in [-0.25, -0.2) is 9.97 Å². The second kappa shape index (κ2) is 14.4. The van der Waals surface area contributed by atoms with Gasteiger partial charge in [0.05, 0.1) is 16.8 Å². The molecule has 256 valence electrons. The molecule has 0 spiro atoms. The summed E-state index contributed by atoms with van der Waals surface area (Å²) < 4.78 is 0. The van der Waals surface area contributed by atoms with Crippen molar-refractivity contribution in [2.24, 2.45) is 0 Å². The fourth-order valence-corrected chi connectivity index (χ4v) is 8.36. The first-order chi connectivity index (χ1) is 23.1. The summed E-state index contributed by atoms with van der Waals surface area (Å²) in [6.07, 6.45) is 9.64. The zero-order valence-electron chi connectivity index (χ0n) is 30.0. The van der Waals surface area contributed by atoms with Gasteiger partial charge in [-0.3, -0.25) is 9.69 Å². The highest BCUT2D eigenvalue weighted by molar-refractivity contribution is 5.87. The maximum atomic E-state index is 13.6. The molecule has 4 heterocycles. The maximum absolute atomic E-state index is 13.6. The largest absolute Gasteiger partial charge is 0.371 e. The van der Waals surface area contributed by atoms with Gasteiger partial charge in [-0.1, -0.05) is 49.0 Å². The fraction of sp³-hybridized carbons (Fsp3) is 0.537. The second-order valence-corrected chi connectivity index (χ2v) is 15.2. The Bertz CT molecular complexity index is 1530. The Balaban J connectivity index is 1.12. The normalized spacial score (nSPS) is 19.3. The SMILES string of the molecule is C=C(c1c(C)ncnc1C)N1CCC(C)(N2CCC(N(Cc3ccccc3)c3ccc(C(C)(C)C(=O)N4CCCCC4)cc3)CC2)CC1. The van der Waals surface area contributed by atoms with Gasteiger partial charge in [-0.2, -0.15) is 0 Å². The molecule has 3 aliphatic heterocycles. The van der Waals surface area contributed by atoms with Crippen molar-refractivity contribution in [3.63, 3.8) is 0 Å². The van der Waals surface area contributed by atoms with Crippen molar-refractivity contribution in [1.82, 2.24) is 24.7 Å². The van der Waals surface area contributed by atoms with Crippen LogP contribution in [0.4, 0.5) is 5.69 Å². The number of carbonyl (C=O) groups is 1. The van der Waals surface area contributed by atoms with E-state index in [1.165, 1.54) is 17.7 Å². The predicted octanol–water partition coefficient (Wildman–Crippen LogP) is 7.38. The molecule has 0 atom stereocenters. The number of likely N-dealkylation sites (tertiary alicyclic amines) is 3. The summed E-state index contributed by atoms with van der Waals surface area (Å²) in [7, 11) is 0. The average Bonchev–Trinajstić information content (AvgIpc) is 3.11. The van der Waals surface area contributed by atoms with Gasteiger partial charge in [-0.15, -0.1) is 0 Å². The Morgan fingerprint density at radius 2 is 1.46 bits per heavy atom. The van der Waals surface area contributed by atoms with Gasteiger partial charge in [0.25, 0.3) is 0 Å². The molecule has 0 unspecified atom stereocenters. The summed E-state index contributed by atoms with van der Waals surface area (Å²) in [5.41, 5.74) is 7.52. The Hall–Kier alpha value is -3.71. The Kier molecular flexibility index (Phi) is 10.3. The molecule has 0 N–H and O–H groups in total. The van der Waals surface area contributed by atoms with E-state index in [4.69, 9.17) is 0 Å². The van der Waals surface area contributed by atoms with Crippen LogP contribution in [0.2, 0.25) is 0 Å². The zero-order valence-corrected chi connectivity index (χ0v) is 30.0. The predicted molar refractivity (Wildman–Crippen MR) is 197 cm³/mol. The van der Waals surface area contributed by atoms with Gasteiger partial charge in [0.2, 0.25) is 5.91 Å². The number of anilines is 1. The van der Waals surface area contributed by atoms with Gasteiger partial charge in [-0.05, 0) is 103 Å².